The average molecular weight is 600 g/mol. The number of amides is 2. The molecule has 0 aromatic heterocycles. The zero-order valence-electron chi connectivity index (χ0n) is 24.1. The molecule has 10 heteroatoms. The summed E-state index contributed by atoms with van der Waals surface area (Å²) in [6, 6.07) is 19.2. The van der Waals surface area contributed by atoms with Crippen molar-refractivity contribution in [1.29, 1.82) is 0 Å². The number of sulfonamides is 1. The number of nitrogens with one attached hydrogen (secondary N) is 1. The third kappa shape index (κ3) is 8.01. The van der Waals surface area contributed by atoms with Crippen molar-refractivity contribution in [2.75, 3.05) is 24.5 Å². The van der Waals surface area contributed by atoms with E-state index in [4.69, 9.17) is 16.3 Å². The van der Waals surface area contributed by atoms with E-state index in [1.807, 2.05) is 26.8 Å². The van der Waals surface area contributed by atoms with Gasteiger partial charge in [0.15, 0.2) is 0 Å². The van der Waals surface area contributed by atoms with Crippen LogP contribution in [-0.4, -0.2) is 51.4 Å². The van der Waals surface area contributed by atoms with Crippen molar-refractivity contribution < 1.29 is 22.7 Å². The smallest absolute Gasteiger partial charge is 0.264 e. The number of nitrogens with zero attached hydrogens (tertiary/aromatic N) is 2. The Balaban J connectivity index is 2.09. The Morgan fingerprint density at radius 1 is 1.00 bits per heavy atom. The zero-order valence-corrected chi connectivity index (χ0v) is 25.7. The molecule has 0 aliphatic carbocycles. The van der Waals surface area contributed by atoms with Crippen LogP contribution >= 0.6 is 11.6 Å². The lowest BCUT2D eigenvalue weighted by molar-refractivity contribution is -0.140. The van der Waals surface area contributed by atoms with Crippen LogP contribution < -0.4 is 14.4 Å². The maximum absolute atomic E-state index is 14.2. The van der Waals surface area contributed by atoms with Crippen molar-refractivity contribution in [3.8, 4) is 5.75 Å². The molecule has 0 fully saturated rings. The molecule has 0 aliphatic heterocycles. The topological polar surface area (TPSA) is 96.0 Å². The first-order valence-electron chi connectivity index (χ1n) is 13.5. The van der Waals surface area contributed by atoms with Crippen LogP contribution in [0.25, 0.3) is 0 Å². The monoisotopic (exact) mass is 599 g/mol. The second-order valence-corrected chi connectivity index (χ2v) is 12.4. The number of methoxy groups -OCH3 is 1. The third-order valence-corrected chi connectivity index (χ3v) is 8.86. The molecular weight excluding hydrogens is 562 g/mol. The zero-order chi connectivity index (χ0) is 30.2. The number of anilines is 1. The van der Waals surface area contributed by atoms with Crippen molar-refractivity contribution in [1.82, 2.24) is 10.2 Å². The molecule has 0 bridgehead atoms. The van der Waals surface area contributed by atoms with Crippen LogP contribution in [0.15, 0.2) is 77.7 Å². The van der Waals surface area contributed by atoms with Crippen LogP contribution in [0.4, 0.5) is 5.69 Å². The van der Waals surface area contributed by atoms with Crippen LogP contribution in [0.3, 0.4) is 0 Å². The number of ether oxygens (including phenoxy) is 1. The minimum absolute atomic E-state index is 0.0354. The molecule has 3 aromatic carbocycles. The quantitative estimate of drug-likeness (QED) is 0.283. The highest BCUT2D eigenvalue weighted by Gasteiger charge is 2.34. The molecule has 220 valence electrons. The summed E-state index contributed by atoms with van der Waals surface area (Å²) in [4.78, 5) is 29.0. The largest absolute Gasteiger partial charge is 0.497 e. The summed E-state index contributed by atoms with van der Waals surface area (Å²) >= 11 is 6.38. The summed E-state index contributed by atoms with van der Waals surface area (Å²) in [5.74, 6) is -0.00144. The van der Waals surface area contributed by atoms with Gasteiger partial charge < -0.3 is 15.0 Å². The Morgan fingerprint density at radius 3 is 2.32 bits per heavy atom. The fourth-order valence-corrected chi connectivity index (χ4v) is 6.07. The Hall–Kier alpha value is -3.56. The number of rotatable bonds is 13. The first kappa shape index (κ1) is 32.0. The molecule has 3 aromatic rings. The van der Waals surface area contributed by atoms with Crippen molar-refractivity contribution in [2.45, 2.75) is 51.6 Å². The van der Waals surface area contributed by atoms with Crippen molar-refractivity contribution in [3.63, 3.8) is 0 Å². The molecule has 0 aliphatic rings. The molecule has 8 nitrogen and oxygen atoms in total. The van der Waals surface area contributed by atoms with Gasteiger partial charge in [-0.05, 0) is 66.8 Å². The predicted octanol–water partition coefficient (Wildman–Crippen LogP) is 5.43. The van der Waals surface area contributed by atoms with E-state index in [1.54, 1.807) is 68.6 Å². The van der Waals surface area contributed by atoms with Crippen LogP contribution in [0.2, 0.25) is 5.02 Å². The molecule has 41 heavy (non-hydrogen) atoms. The second-order valence-electron chi connectivity index (χ2n) is 10.1. The van der Waals surface area contributed by atoms with Gasteiger partial charge in [0.25, 0.3) is 10.0 Å². The number of halogens is 1. The van der Waals surface area contributed by atoms with Crippen LogP contribution in [0.1, 0.15) is 38.3 Å². The lowest BCUT2D eigenvalue weighted by Crippen LogP contribution is -2.52. The number of carbonyl (C=O) groups is 2. The van der Waals surface area contributed by atoms with Crippen molar-refractivity contribution >= 4 is 39.1 Å². The van der Waals surface area contributed by atoms with Crippen molar-refractivity contribution in [3.05, 3.63) is 88.9 Å². The third-order valence-electron chi connectivity index (χ3n) is 6.68. The number of carbonyl (C=O) groups excluding carboxylic acids is 2. The number of hydrogen-bond acceptors (Lipinski definition) is 5. The van der Waals surface area contributed by atoms with Gasteiger partial charge in [-0.25, -0.2) is 8.42 Å². The first-order chi connectivity index (χ1) is 19.5. The van der Waals surface area contributed by atoms with E-state index in [2.05, 4.69) is 5.32 Å². The lowest BCUT2D eigenvalue weighted by Gasteiger charge is -2.33. The molecular formula is C31H38ClN3O5S. The Bertz CT molecular complexity index is 1450. The first-order valence-corrected chi connectivity index (χ1v) is 15.3. The fourth-order valence-electron chi connectivity index (χ4n) is 4.41. The molecule has 1 N–H and O–H groups in total. The van der Waals surface area contributed by atoms with Crippen molar-refractivity contribution in [2.24, 2.45) is 5.92 Å². The van der Waals surface area contributed by atoms with Gasteiger partial charge >= 0.3 is 0 Å². The van der Waals surface area contributed by atoms with Gasteiger partial charge in [0.2, 0.25) is 11.8 Å². The normalized spacial score (nSPS) is 12.1. The summed E-state index contributed by atoms with van der Waals surface area (Å²) in [5, 5.41) is 3.30. The molecule has 0 radical (unpaired) electrons. The summed E-state index contributed by atoms with van der Waals surface area (Å²) < 4.78 is 34.4. The standard InChI is InChI=1S/C31H38ClN3O5S/c1-6-28(31(37)33-19-22(2)3)34(20-24-12-10-13-25(18-24)40-5)30(36)21-35(29-17-11-16-27(32)23(29)4)41(38,39)26-14-8-7-9-15-26/h7-18,22,28H,6,19-21H2,1-5H3,(H,33,37). The maximum atomic E-state index is 14.2. The summed E-state index contributed by atoms with van der Waals surface area (Å²) in [6.45, 7) is 7.50. The van der Waals surface area contributed by atoms with Crippen LogP contribution in [0.5, 0.6) is 5.75 Å². The minimum atomic E-state index is -4.17. The van der Waals surface area contributed by atoms with Gasteiger partial charge in [-0.15, -0.1) is 0 Å². The number of hydrogen-bond donors (Lipinski definition) is 1. The lowest BCUT2D eigenvalue weighted by atomic mass is 10.1. The minimum Gasteiger partial charge on any atom is -0.497 e. The Morgan fingerprint density at radius 2 is 1.68 bits per heavy atom. The molecule has 3 rings (SSSR count). The molecule has 0 spiro atoms. The van der Waals surface area contributed by atoms with Crippen LogP contribution in [0, 0.1) is 12.8 Å². The maximum Gasteiger partial charge on any atom is 0.264 e. The fraction of sp³-hybridized carbons (Fsp3) is 0.355. The molecule has 0 saturated heterocycles. The summed E-state index contributed by atoms with van der Waals surface area (Å²) in [7, 11) is -2.62. The van der Waals surface area contributed by atoms with E-state index < -0.39 is 28.5 Å². The predicted molar refractivity (Wildman–Crippen MR) is 163 cm³/mol. The van der Waals surface area contributed by atoms with Gasteiger partial charge in [0.1, 0.15) is 18.3 Å². The highest BCUT2D eigenvalue weighted by molar-refractivity contribution is 7.92. The summed E-state index contributed by atoms with van der Waals surface area (Å²) in [6.07, 6.45) is 0.335. The second kappa shape index (κ2) is 14.4. The Labute approximate surface area is 248 Å². The highest BCUT2D eigenvalue weighted by atomic mass is 35.5. The van der Waals surface area contributed by atoms with E-state index in [9.17, 15) is 18.0 Å². The molecule has 1 unspecified atom stereocenters. The van der Waals surface area contributed by atoms with E-state index in [0.29, 0.717) is 29.3 Å². The van der Waals surface area contributed by atoms with Gasteiger partial charge in [-0.1, -0.05) is 68.8 Å². The van der Waals surface area contributed by atoms with Gasteiger partial charge in [-0.2, -0.15) is 0 Å². The molecule has 0 heterocycles. The molecule has 1 atom stereocenters. The number of benzene rings is 3. The SMILES string of the molecule is CCC(C(=O)NCC(C)C)N(Cc1cccc(OC)c1)C(=O)CN(c1cccc(Cl)c1C)S(=O)(=O)c1ccccc1. The van der Waals surface area contributed by atoms with Gasteiger partial charge in [0.05, 0.1) is 17.7 Å². The molecule has 2 amide bonds. The van der Waals surface area contributed by atoms with E-state index >= 15 is 0 Å². The van der Waals surface area contributed by atoms with E-state index in [1.165, 1.54) is 17.0 Å². The van der Waals surface area contributed by atoms with Gasteiger partial charge in [0, 0.05) is 18.1 Å². The van der Waals surface area contributed by atoms with Gasteiger partial charge in [-0.3, -0.25) is 13.9 Å². The van der Waals surface area contributed by atoms with E-state index in [-0.39, 0.29) is 29.0 Å². The van der Waals surface area contributed by atoms with E-state index in [0.717, 1.165) is 9.87 Å². The summed E-state index contributed by atoms with van der Waals surface area (Å²) in [5.41, 5.74) is 1.54. The average Bonchev–Trinajstić information content (AvgIpc) is 2.96. The highest BCUT2D eigenvalue weighted by Crippen LogP contribution is 2.31. The van der Waals surface area contributed by atoms with Crippen LogP contribution in [-0.2, 0) is 26.2 Å². The molecule has 0 saturated carbocycles. The Kier molecular flexibility index (Phi) is 11.2.